The quantitative estimate of drug-likeness (QED) is 0.664. The first-order valence-electron chi connectivity index (χ1n) is 7.32. The Morgan fingerprint density at radius 1 is 1.29 bits per heavy atom. The Balaban J connectivity index is 1.96. The molecule has 4 nitrogen and oxygen atoms in total. The Labute approximate surface area is 122 Å². The van der Waals surface area contributed by atoms with Crippen LogP contribution in [-0.4, -0.2) is 11.5 Å². The van der Waals surface area contributed by atoms with Crippen molar-refractivity contribution < 1.29 is 13.7 Å². The maximum Gasteiger partial charge on any atom is 0.305 e. The van der Waals surface area contributed by atoms with Gasteiger partial charge in [-0.2, -0.15) is 4.39 Å². The highest BCUT2D eigenvalue weighted by atomic mass is 19.1. The summed E-state index contributed by atoms with van der Waals surface area (Å²) in [5, 5.41) is 13.8. The molecule has 2 atom stereocenters. The number of halogens is 2. The number of hydrogen-bond donors (Lipinski definition) is 1. The molecule has 0 radical (unpaired) electrons. The highest BCUT2D eigenvalue weighted by Gasteiger charge is 2.22. The molecule has 0 heterocycles. The molecule has 1 aliphatic rings. The first kappa shape index (κ1) is 15.8. The highest BCUT2D eigenvalue weighted by Crippen LogP contribution is 2.29. The van der Waals surface area contributed by atoms with Crippen LogP contribution in [0.4, 0.5) is 14.5 Å². The zero-order valence-electron chi connectivity index (χ0n) is 12.1. The maximum atomic E-state index is 13.6. The van der Waals surface area contributed by atoms with Crippen LogP contribution in [0.5, 0.6) is 0 Å². The number of benzene rings is 1. The molecule has 0 bridgehead atoms. The van der Waals surface area contributed by atoms with Gasteiger partial charge >= 0.3 is 5.69 Å². The number of nitro groups is 1. The van der Waals surface area contributed by atoms with Crippen LogP contribution in [0.1, 0.15) is 38.2 Å². The monoisotopic (exact) mass is 298 g/mol. The lowest BCUT2D eigenvalue weighted by Gasteiger charge is -2.28. The molecule has 1 N–H and O–H groups in total. The second kappa shape index (κ2) is 6.93. The summed E-state index contributed by atoms with van der Waals surface area (Å²) in [6.45, 7) is 3.15. The van der Waals surface area contributed by atoms with Crippen LogP contribution in [-0.2, 0) is 6.54 Å². The first-order chi connectivity index (χ1) is 9.99. The van der Waals surface area contributed by atoms with Crippen LogP contribution in [0.25, 0.3) is 0 Å². The number of rotatable bonds is 5. The molecule has 1 fully saturated rings. The predicted molar refractivity (Wildman–Crippen MR) is 75.8 cm³/mol. The topological polar surface area (TPSA) is 55.2 Å². The summed E-state index contributed by atoms with van der Waals surface area (Å²) in [6, 6.07) is 1.56. The minimum atomic E-state index is -1.14. The molecule has 1 saturated carbocycles. The molecule has 1 aliphatic carbocycles. The van der Waals surface area contributed by atoms with Crippen molar-refractivity contribution in [2.75, 3.05) is 6.54 Å². The van der Waals surface area contributed by atoms with Crippen molar-refractivity contribution in [3.05, 3.63) is 39.4 Å². The Morgan fingerprint density at radius 2 is 2.00 bits per heavy atom. The highest BCUT2D eigenvalue weighted by molar-refractivity contribution is 5.37. The van der Waals surface area contributed by atoms with Gasteiger partial charge in [-0.1, -0.05) is 26.2 Å². The zero-order chi connectivity index (χ0) is 15.4. The van der Waals surface area contributed by atoms with E-state index in [2.05, 4.69) is 12.2 Å². The average molecular weight is 298 g/mol. The fourth-order valence-corrected chi connectivity index (χ4v) is 2.94. The van der Waals surface area contributed by atoms with Crippen LogP contribution < -0.4 is 5.32 Å². The molecule has 2 unspecified atom stereocenters. The summed E-state index contributed by atoms with van der Waals surface area (Å²) in [6.07, 6.45) is 4.84. The van der Waals surface area contributed by atoms with Gasteiger partial charge in [0.15, 0.2) is 0 Å². The van der Waals surface area contributed by atoms with Crippen molar-refractivity contribution in [2.45, 2.75) is 39.2 Å². The van der Waals surface area contributed by atoms with E-state index in [1.807, 2.05) is 0 Å². The van der Waals surface area contributed by atoms with Gasteiger partial charge < -0.3 is 5.32 Å². The van der Waals surface area contributed by atoms with Gasteiger partial charge in [0.05, 0.1) is 4.92 Å². The van der Waals surface area contributed by atoms with E-state index < -0.39 is 22.2 Å². The minimum absolute atomic E-state index is 0.131. The van der Waals surface area contributed by atoms with Gasteiger partial charge in [-0.3, -0.25) is 10.1 Å². The summed E-state index contributed by atoms with van der Waals surface area (Å²) in [5.74, 6) is -0.694. The smallest absolute Gasteiger partial charge is 0.305 e. The van der Waals surface area contributed by atoms with E-state index >= 15 is 0 Å². The van der Waals surface area contributed by atoms with Gasteiger partial charge in [0.1, 0.15) is 5.82 Å². The number of nitro benzene ring substituents is 1. The molecular formula is C15H20F2N2O2. The molecular weight excluding hydrogens is 278 g/mol. The maximum absolute atomic E-state index is 13.6. The van der Waals surface area contributed by atoms with Gasteiger partial charge in [-0.15, -0.1) is 0 Å². The van der Waals surface area contributed by atoms with Crippen molar-refractivity contribution >= 4 is 5.69 Å². The second-order valence-corrected chi connectivity index (χ2v) is 5.80. The SMILES string of the molecule is CC1CCCCC1CNCc1cc([N+](=O)[O-])c(F)cc1F. The Hall–Kier alpha value is -1.56. The number of hydrogen-bond acceptors (Lipinski definition) is 3. The van der Waals surface area contributed by atoms with Gasteiger partial charge in [0.25, 0.3) is 0 Å². The molecule has 0 saturated heterocycles. The van der Waals surface area contributed by atoms with E-state index in [-0.39, 0.29) is 12.1 Å². The van der Waals surface area contributed by atoms with Crippen LogP contribution in [0.15, 0.2) is 12.1 Å². The summed E-state index contributed by atoms with van der Waals surface area (Å²) in [7, 11) is 0. The van der Waals surface area contributed by atoms with Gasteiger partial charge in [-0.05, 0) is 24.8 Å². The van der Waals surface area contributed by atoms with Crippen molar-refractivity contribution in [3.8, 4) is 0 Å². The molecule has 0 amide bonds. The zero-order valence-corrected chi connectivity index (χ0v) is 12.1. The van der Waals surface area contributed by atoms with E-state index in [0.717, 1.165) is 19.0 Å². The lowest BCUT2D eigenvalue weighted by Crippen LogP contribution is -2.29. The third-order valence-electron chi connectivity index (χ3n) is 4.32. The third kappa shape index (κ3) is 3.97. The first-order valence-corrected chi connectivity index (χ1v) is 7.32. The molecule has 2 rings (SSSR count). The largest absolute Gasteiger partial charge is 0.312 e. The lowest BCUT2D eigenvalue weighted by molar-refractivity contribution is -0.387. The fraction of sp³-hybridized carbons (Fsp3) is 0.600. The van der Waals surface area contributed by atoms with Gasteiger partial charge in [-0.25, -0.2) is 4.39 Å². The van der Waals surface area contributed by atoms with Crippen molar-refractivity contribution in [1.82, 2.24) is 5.32 Å². The van der Waals surface area contributed by atoms with E-state index in [9.17, 15) is 18.9 Å². The molecule has 6 heteroatoms. The number of nitrogens with zero attached hydrogens (tertiary/aromatic N) is 1. The van der Waals surface area contributed by atoms with E-state index in [4.69, 9.17) is 0 Å². The van der Waals surface area contributed by atoms with E-state index in [0.29, 0.717) is 17.9 Å². The molecule has 0 spiro atoms. The molecule has 1 aromatic rings. The van der Waals surface area contributed by atoms with Crippen molar-refractivity contribution in [3.63, 3.8) is 0 Å². The standard InChI is InChI=1S/C15H20F2N2O2/c1-10-4-2-3-5-11(10)8-18-9-12-6-15(19(20)21)14(17)7-13(12)16/h6-7,10-11,18H,2-5,8-9H2,1H3. The lowest BCUT2D eigenvalue weighted by atomic mass is 9.80. The summed E-state index contributed by atoms with van der Waals surface area (Å²) in [4.78, 5) is 9.84. The summed E-state index contributed by atoms with van der Waals surface area (Å²) in [5.41, 5.74) is -0.550. The normalized spacial score (nSPS) is 22.2. The third-order valence-corrected chi connectivity index (χ3v) is 4.32. The molecule has 0 aliphatic heterocycles. The van der Waals surface area contributed by atoms with Crippen molar-refractivity contribution in [2.24, 2.45) is 11.8 Å². The Morgan fingerprint density at radius 3 is 2.67 bits per heavy atom. The van der Waals surface area contributed by atoms with Crippen LogP contribution in [0, 0.1) is 33.6 Å². The molecule has 0 aromatic heterocycles. The summed E-state index contributed by atoms with van der Waals surface area (Å²) >= 11 is 0. The minimum Gasteiger partial charge on any atom is -0.312 e. The Bertz CT molecular complexity index is 523. The molecule has 116 valence electrons. The molecule has 1 aromatic carbocycles. The Kier molecular flexibility index (Phi) is 5.22. The fourth-order valence-electron chi connectivity index (χ4n) is 2.94. The van der Waals surface area contributed by atoms with Gasteiger partial charge in [0, 0.05) is 24.2 Å². The average Bonchev–Trinajstić information content (AvgIpc) is 2.42. The van der Waals surface area contributed by atoms with E-state index in [1.165, 1.54) is 19.3 Å². The van der Waals surface area contributed by atoms with Crippen LogP contribution in [0.2, 0.25) is 0 Å². The van der Waals surface area contributed by atoms with Crippen LogP contribution >= 0.6 is 0 Å². The van der Waals surface area contributed by atoms with Gasteiger partial charge in [0.2, 0.25) is 5.82 Å². The number of nitrogens with one attached hydrogen (secondary N) is 1. The second-order valence-electron chi connectivity index (χ2n) is 5.80. The van der Waals surface area contributed by atoms with Crippen molar-refractivity contribution in [1.29, 1.82) is 0 Å². The summed E-state index contributed by atoms with van der Waals surface area (Å²) < 4.78 is 26.9. The van der Waals surface area contributed by atoms with Crippen LogP contribution in [0.3, 0.4) is 0 Å². The predicted octanol–water partition coefficient (Wildman–Crippen LogP) is 3.79. The van der Waals surface area contributed by atoms with E-state index in [1.54, 1.807) is 0 Å². The molecule has 21 heavy (non-hydrogen) atoms.